The first-order valence-corrected chi connectivity index (χ1v) is 5.33. The minimum absolute atomic E-state index is 0.734. The normalized spacial score (nSPS) is 52.0. The standard InChI is InChI=1S/C10H18N2/c1-2-8(6-11-3-1)10-4-9(5-10)12-7-10/h8-9,11-12H,1-7H2. The summed E-state index contributed by atoms with van der Waals surface area (Å²) in [5.41, 5.74) is 0.734. The van der Waals surface area contributed by atoms with Crippen LogP contribution >= 0.6 is 0 Å². The lowest BCUT2D eigenvalue weighted by atomic mass is 9.60. The van der Waals surface area contributed by atoms with Gasteiger partial charge in [0.1, 0.15) is 0 Å². The van der Waals surface area contributed by atoms with E-state index in [9.17, 15) is 0 Å². The molecule has 68 valence electrons. The van der Waals surface area contributed by atoms with Crippen LogP contribution in [0.2, 0.25) is 0 Å². The molecule has 2 N–H and O–H groups in total. The van der Waals surface area contributed by atoms with Gasteiger partial charge in [0, 0.05) is 12.6 Å². The number of hydrogen-bond acceptors (Lipinski definition) is 2. The fourth-order valence-electron chi connectivity index (χ4n) is 3.41. The Hall–Kier alpha value is -0.0800. The van der Waals surface area contributed by atoms with Crippen molar-refractivity contribution in [2.75, 3.05) is 19.6 Å². The second-order valence-corrected chi connectivity index (χ2v) is 4.89. The third-order valence-electron chi connectivity index (χ3n) is 4.21. The van der Waals surface area contributed by atoms with E-state index in [2.05, 4.69) is 10.6 Å². The highest BCUT2D eigenvalue weighted by Crippen LogP contribution is 2.53. The van der Waals surface area contributed by atoms with E-state index >= 15 is 0 Å². The lowest BCUT2D eigenvalue weighted by Crippen LogP contribution is -2.46. The molecule has 12 heavy (non-hydrogen) atoms. The Morgan fingerprint density at radius 3 is 2.75 bits per heavy atom. The van der Waals surface area contributed by atoms with Crippen molar-refractivity contribution < 1.29 is 0 Å². The van der Waals surface area contributed by atoms with Crippen molar-refractivity contribution in [3.8, 4) is 0 Å². The van der Waals surface area contributed by atoms with E-state index in [0.29, 0.717) is 0 Å². The summed E-state index contributed by atoms with van der Waals surface area (Å²) < 4.78 is 0. The van der Waals surface area contributed by atoms with E-state index in [-0.39, 0.29) is 0 Å². The molecule has 4 aliphatic rings. The summed E-state index contributed by atoms with van der Waals surface area (Å²) in [4.78, 5) is 0. The molecule has 0 radical (unpaired) electrons. The van der Waals surface area contributed by atoms with Gasteiger partial charge in [0.15, 0.2) is 0 Å². The maximum atomic E-state index is 3.60. The molecule has 3 saturated heterocycles. The molecule has 1 atom stereocenters. The minimum Gasteiger partial charge on any atom is -0.316 e. The van der Waals surface area contributed by atoms with Gasteiger partial charge >= 0.3 is 0 Å². The highest BCUT2D eigenvalue weighted by Gasteiger charge is 2.54. The van der Waals surface area contributed by atoms with Crippen LogP contribution in [-0.4, -0.2) is 25.7 Å². The number of rotatable bonds is 1. The number of hydrogen-bond donors (Lipinski definition) is 2. The summed E-state index contributed by atoms with van der Waals surface area (Å²) in [6.45, 7) is 3.85. The van der Waals surface area contributed by atoms with E-state index in [0.717, 1.165) is 17.4 Å². The van der Waals surface area contributed by atoms with Crippen LogP contribution in [0.15, 0.2) is 0 Å². The third kappa shape index (κ3) is 0.882. The van der Waals surface area contributed by atoms with Gasteiger partial charge in [0.05, 0.1) is 0 Å². The second kappa shape index (κ2) is 2.46. The molecule has 0 spiro atoms. The van der Waals surface area contributed by atoms with Crippen molar-refractivity contribution in [3.05, 3.63) is 0 Å². The largest absolute Gasteiger partial charge is 0.316 e. The van der Waals surface area contributed by atoms with Crippen molar-refractivity contribution in [2.24, 2.45) is 11.3 Å². The molecular formula is C10H18N2. The first kappa shape index (κ1) is 7.34. The Morgan fingerprint density at radius 1 is 1.25 bits per heavy atom. The molecule has 1 unspecified atom stereocenters. The van der Waals surface area contributed by atoms with E-state index < -0.39 is 0 Å². The summed E-state index contributed by atoms with van der Waals surface area (Å²) in [6, 6.07) is 0.895. The maximum Gasteiger partial charge on any atom is 0.00790 e. The summed E-state index contributed by atoms with van der Waals surface area (Å²) in [5, 5.41) is 7.14. The molecule has 1 saturated carbocycles. The lowest BCUT2D eigenvalue weighted by Gasteiger charge is -2.45. The van der Waals surface area contributed by atoms with E-state index in [1.165, 1.54) is 45.3 Å². The lowest BCUT2D eigenvalue weighted by molar-refractivity contribution is 0.0810. The van der Waals surface area contributed by atoms with Crippen LogP contribution in [0, 0.1) is 11.3 Å². The number of nitrogens with one attached hydrogen (secondary N) is 2. The average molecular weight is 166 g/mol. The predicted molar refractivity (Wildman–Crippen MR) is 49.1 cm³/mol. The van der Waals surface area contributed by atoms with Gasteiger partial charge in [-0.1, -0.05) is 0 Å². The first-order chi connectivity index (χ1) is 5.89. The Bertz CT molecular complexity index is 173. The average Bonchev–Trinajstić information content (AvgIpc) is 2.63. The number of piperidine rings is 1. The van der Waals surface area contributed by atoms with E-state index in [1.54, 1.807) is 0 Å². The zero-order valence-electron chi connectivity index (χ0n) is 7.60. The summed E-state index contributed by atoms with van der Waals surface area (Å²) in [7, 11) is 0. The van der Waals surface area contributed by atoms with Gasteiger partial charge < -0.3 is 10.6 Å². The molecule has 2 nitrogen and oxygen atoms in total. The van der Waals surface area contributed by atoms with Gasteiger partial charge in [-0.2, -0.15) is 0 Å². The van der Waals surface area contributed by atoms with Gasteiger partial charge in [-0.3, -0.25) is 0 Å². The first-order valence-electron chi connectivity index (χ1n) is 5.33. The summed E-state index contributed by atoms with van der Waals surface area (Å²) >= 11 is 0. The van der Waals surface area contributed by atoms with Crippen molar-refractivity contribution in [2.45, 2.75) is 31.7 Å². The van der Waals surface area contributed by atoms with Crippen LogP contribution < -0.4 is 10.6 Å². The van der Waals surface area contributed by atoms with Gasteiger partial charge in [-0.25, -0.2) is 0 Å². The van der Waals surface area contributed by atoms with Gasteiger partial charge in [0.2, 0.25) is 0 Å². The molecule has 4 rings (SSSR count). The molecule has 0 aromatic rings. The predicted octanol–water partition coefficient (Wildman–Crippen LogP) is 0.738. The molecule has 4 fully saturated rings. The van der Waals surface area contributed by atoms with Crippen molar-refractivity contribution in [1.82, 2.24) is 10.6 Å². The van der Waals surface area contributed by atoms with Crippen LogP contribution in [0.4, 0.5) is 0 Å². The molecular weight excluding hydrogens is 148 g/mol. The fraction of sp³-hybridized carbons (Fsp3) is 1.00. The SMILES string of the molecule is C1CNCC(C23CNC(C2)C3)C1. The molecule has 0 amide bonds. The second-order valence-electron chi connectivity index (χ2n) is 4.89. The molecule has 2 heteroatoms. The van der Waals surface area contributed by atoms with Crippen molar-refractivity contribution in [1.29, 1.82) is 0 Å². The van der Waals surface area contributed by atoms with Gasteiger partial charge in [-0.05, 0) is 50.1 Å². The van der Waals surface area contributed by atoms with Crippen LogP contribution in [-0.2, 0) is 0 Å². The Kier molecular flexibility index (Phi) is 1.50. The van der Waals surface area contributed by atoms with Crippen molar-refractivity contribution in [3.63, 3.8) is 0 Å². The van der Waals surface area contributed by atoms with Gasteiger partial charge in [-0.15, -0.1) is 0 Å². The third-order valence-corrected chi connectivity index (χ3v) is 4.21. The Morgan fingerprint density at radius 2 is 2.17 bits per heavy atom. The molecule has 1 aliphatic carbocycles. The molecule has 2 bridgehead atoms. The summed E-state index contributed by atoms with van der Waals surface area (Å²) in [5.74, 6) is 0.984. The zero-order chi connectivity index (χ0) is 8.02. The fourth-order valence-corrected chi connectivity index (χ4v) is 3.41. The maximum absolute atomic E-state index is 3.60. The monoisotopic (exact) mass is 166 g/mol. The molecule has 3 heterocycles. The minimum atomic E-state index is 0.734. The van der Waals surface area contributed by atoms with Crippen LogP contribution in [0.1, 0.15) is 25.7 Å². The zero-order valence-corrected chi connectivity index (χ0v) is 7.60. The van der Waals surface area contributed by atoms with Crippen LogP contribution in [0.5, 0.6) is 0 Å². The Balaban J connectivity index is 1.71. The number of fused-ring (bicyclic) bond motifs is 1. The smallest absolute Gasteiger partial charge is 0.00790 e. The Labute approximate surface area is 74.1 Å². The quantitative estimate of drug-likeness (QED) is 0.600. The van der Waals surface area contributed by atoms with Crippen molar-refractivity contribution >= 4 is 0 Å². The molecule has 3 aliphatic heterocycles. The van der Waals surface area contributed by atoms with E-state index in [1.807, 2.05) is 0 Å². The van der Waals surface area contributed by atoms with Crippen LogP contribution in [0.25, 0.3) is 0 Å². The van der Waals surface area contributed by atoms with E-state index in [4.69, 9.17) is 0 Å². The van der Waals surface area contributed by atoms with Gasteiger partial charge in [0.25, 0.3) is 0 Å². The highest BCUT2D eigenvalue weighted by molar-refractivity contribution is 5.09. The van der Waals surface area contributed by atoms with Crippen LogP contribution in [0.3, 0.4) is 0 Å². The molecule has 0 aromatic carbocycles. The highest BCUT2D eigenvalue weighted by atomic mass is 15.0. The molecule has 0 aromatic heterocycles. The summed E-state index contributed by atoms with van der Waals surface area (Å²) in [6.07, 6.45) is 5.82. The topological polar surface area (TPSA) is 24.1 Å².